The van der Waals surface area contributed by atoms with Crippen molar-refractivity contribution in [3.63, 3.8) is 0 Å². The monoisotopic (exact) mass is 370 g/mol. The summed E-state index contributed by atoms with van der Waals surface area (Å²) in [6.45, 7) is 4.23. The summed E-state index contributed by atoms with van der Waals surface area (Å²) in [6.07, 6.45) is 2.10. The summed E-state index contributed by atoms with van der Waals surface area (Å²) in [5, 5.41) is 11.7. The lowest BCUT2D eigenvalue weighted by Crippen LogP contribution is -2.54. The third-order valence-electron chi connectivity index (χ3n) is 4.35. The van der Waals surface area contributed by atoms with Crippen LogP contribution in [-0.2, 0) is 14.4 Å². The van der Waals surface area contributed by atoms with E-state index in [-0.39, 0.29) is 17.8 Å². The molecule has 2 amide bonds. The molecule has 0 aromatic rings. The fourth-order valence-electron chi connectivity index (χ4n) is 2.92. The van der Waals surface area contributed by atoms with Crippen molar-refractivity contribution in [2.45, 2.75) is 57.7 Å². The van der Waals surface area contributed by atoms with Crippen LogP contribution < -0.4 is 22.5 Å². The first-order valence-corrected chi connectivity index (χ1v) is 8.79. The van der Waals surface area contributed by atoms with Crippen LogP contribution >= 0.6 is 0 Å². The molecule has 1 fully saturated rings. The van der Waals surface area contributed by atoms with Gasteiger partial charge >= 0.3 is 5.97 Å². The van der Waals surface area contributed by atoms with Crippen molar-refractivity contribution >= 4 is 23.7 Å². The Labute approximate surface area is 153 Å². The number of hydrogen-bond acceptors (Lipinski definition) is 5. The fourth-order valence-corrected chi connectivity index (χ4v) is 2.92. The van der Waals surface area contributed by atoms with E-state index in [0.717, 1.165) is 0 Å². The third-order valence-corrected chi connectivity index (χ3v) is 4.35. The van der Waals surface area contributed by atoms with E-state index in [4.69, 9.17) is 17.2 Å². The standard InChI is InChI=1S/C16H30N6O4/c1-9(2)12(15(25)26)21-13(23)11-6-4-8-22(11)14(24)10(17)5-3-7-20-16(18)19/h9-12H,3-8,17H2,1-2H3,(H,21,23)(H,25,26)(H4,18,19,20). The molecule has 1 heterocycles. The van der Waals surface area contributed by atoms with Crippen LogP contribution in [0.15, 0.2) is 4.99 Å². The molecule has 0 aliphatic carbocycles. The maximum Gasteiger partial charge on any atom is 0.326 e. The van der Waals surface area contributed by atoms with Gasteiger partial charge in [-0.05, 0) is 31.6 Å². The number of likely N-dealkylation sites (tertiary alicyclic amines) is 1. The van der Waals surface area contributed by atoms with Gasteiger partial charge in [-0.15, -0.1) is 0 Å². The highest BCUT2D eigenvalue weighted by Gasteiger charge is 2.37. The third kappa shape index (κ3) is 6.17. The van der Waals surface area contributed by atoms with Crippen molar-refractivity contribution in [3.05, 3.63) is 0 Å². The van der Waals surface area contributed by atoms with E-state index in [2.05, 4.69) is 10.3 Å². The van der Waals surface area contributed by atoms with Crippen molar-refractivity contribution in [2.75, 3.05) is 13.1 Å². The van der Waals surface area contributed by atoms with Crippen molar-refractivity contribution in [2.24, 2.45) is 28.1 Å². The van der Waals surface area contributed by atoms with E-state index in [9.17, 15) is 19.5 Å². The first kappa shape index (κ1) is 21.7. The predicted molar refractivity (Wildman–Crippen MR) is 97.0 cm³/mol. The van der Waals surface area contributed by atoms with Gasteiger partial charge in [0.05, 0.1) is 6.04 Å². The molecule has 0 bridgehead atoms. The fraction of sp³-hybridized carbons (Fsp3) is 0.750. The minimum Gasteiger partial charge on any atom is -0.480 e. The number of aliphatic imine (C=N–C) groups is 1. The van der Waals surface area contributed by atoms with Crippen LogP contribution in [0.3, 0.4) is 0 Å². The number of amides is 2. The van der Waals surface area contributed by atoms with Gasteiger partial charge in [0.25, 0.3) is 0 Å². The highest BCUT2D eigenvalue weighted by Crippen LogP contribution is 2.19. The topological polar surface area (TPSA) is 177 Å². The Kier molecular flexibility index (Phi) is 8.30. The first-order valence-electron chi connectivity index (χ1n) is 8.79. The van der Waals surface area contributed by atoms with Crippen molar-refractivity contribution in [1.29, 1.82) is 0 Å². The molecule has 3 atom stereocenters. The van der Waals surface area contributed by atoms with Crippen LogP contribution in [-0.4, -0.2) is 65.0 Å². The molecule has 8 N–H and O–H groups in total. The average Bonchev–Trinajstić information content (AvgIpc) is 3.04. The average molecular weight is 370 g/mol. The van der Waals surface area contributed by atoms with E-state index in [0.29, 0.717) is 38.8 Å². The van der Waals surface area contributed by atoms with E-state index in [1.807, 2.05) is 0 Å². The van der Waals surface area contributed by atoms with Gasteiger partial charge in [0.15, 0.2) is 5.96 Å². The maximum absolute atomic E-state index is 12.6. The molecule has 10 heteroatoms. The van der Waals surface area contributed by atoms with Gasteiger partial charge in [0.2, 0.25) is 11.8 Å². The summed E-state index contributed by atoms with van der Waals surface area (Å²) >= 11 is 0. The molecule has 26 heavy (non-hydrogen) atoms. The number of nitrogens with zero attached hydrogens (tertiary/aromatic N) is 2. The minimum absolute atomic E-state index is 0.0145. The van der Waals surface area contributed by atoms with E-state index in [1.54, 1.807) is 13.8 Å². The second-order valence-corrected chi connectivity index (χ2v) is 6.81. The molecule has 1 saturated heterocycles. The van der Waals surface area contributed by atoms with Crippen molar-refractivity contribution in [3.8, 4) is 0 Å². The van der Waals surface area contributed by atoms with Crippen LogP contribution in [0.25, 0.3) is 0 Å². The number of nitrogens with two attached hydrogens (primary N) is 3. The second kappa shape index (κ2) is 9.95. The number of carbonyl (C=O) groups excluding carboxylic acids is 2. The van der Waals surface area contributed by atoms with Crippen LogP contribution in [0.4, 0.5) is 0 Å². The molecule has 1 aliphatic heterocycles. The highest BCUT2D eigenvalue weighted by atomic mass is 16.4. The van der Waals surface area contributed by atoms with E-state index in [1.165, 1.54) is 4.90 Å². The number of rotatable bonds is 9. The van der Waals surface area contributed by atoms with Crippen LogP contribution in [0.1, 0.15) is 39.5 Å². The Morgan fingerprint density at radius 3 is 2.50 bits per heavy atom. The Morgan fingerprint density at radius 1 is 1.31 bits per heavy atom. The lowest BCUT2D eigenvalue weighted by atomic mass is 10.0. The number of nitrogens with one attached hydrogen (secondary N) is 1. The number of carbonyl (C=O) groups is 3. The van der Waals surface area contributed by atoms with Crippen LogP contribution in [0, 0.1) is 5.92 Å². The minimum atomic E-state index is -1.10. The SMILES string of the molecule is CC(C)C(NC(=O)C1CCCN1C(=O)C(N)CCCN=C(N)N)C(=O)O. The number of guanidine groups is 1. The Morgan fingerprint density at radius 2 is 1.96 bits per heavy atom. The molecule has 0 spiro atoms. The Hall–Kier alpha value is -2.36. The Bertz CT molecular complexity index is 547. The largest absolute Gasteiger partial charge is 0.480 e. The lowest BCUT2D eigenvalue weighted by Gasteiger charge is -2.28. The number of aliphatic carboxylic acids is 1. The molecule has 0 aromatic heterocycles. The molecule has 0 aromatic carbocycles. The first-order chi connectivity index (χ1) is 12.1. The van der Waals surface area contributed by atoms with E-state index >= 15 is 0 Å². The van der Waals surface area contributed by atoms with Gasteiger partial charge in [0, 0.05) is 13.1 Å². The molecule has 10 nitrogen and oxygen atoms in total. The number of carboxylic acids is 1. The normalized spacial score (nSPS) is 19.1. The summed E-state index contributed by atoms with van der Waals surface area (Å²) in [5.41, 5.74) is 16.4. The van der Waals surface area contributed by atoms with Crippen molar-refractivity contribution in [1.82, 2.24) is 10.2 Å². The highest BCUT2D eigenvalue weighted by molar-refractivity contribution is 5.92. The summed E-state index contributed by atoms with van der Waals surface area (Å²) in [6, 6.07) is -2.43. The van der Waals surface area contributed by atoms with Gasteiger partial charge in [-0.2, -0.15) is 0 Å². The van der Waals surface area contributed by atoms with Gasteiger partial charge < -0.3 is 32.5 Å². The van der Waals surface area contributed by atoms with Gasteiger partial charge in [-0.25, -0.2) is 4.79 Å². The van der Waals surface area contributed by atoms with Gasteiger partial charge in [-0.1, -0.05) is 13.8 Å². The summed E-state index contributed by atoms with van der Waals surface area (Å²) in [4.78, 5) is 41.6. The quantitative estimate of drug-likeness (QED) is 0.188. The molecule has 1 rings (SSSR count). The molecule has 0 radical (unpaired) electrons. The molecular weight excluding hydrogens is 340 g/mol. The molecule has 1 aliphatic rings. The molecule has 148 valence electrons. The van der Waals surface area contributed by atoms with Gasteiger partial charge in [-0.3, -0.25) is 14.6 Å². The zero-order valence-corrected chi connectivity index (χ0v) is 15.4. The van der Waals surface area contributed by atoms with Crippen LogP contribution in [0.5, 0.6) is 0 Å². The summed E-state index contributed by atoms with van der Waals surface area (Å²) < 4.78 is 0. The maximum atomic E-state index is 12.6. The smallest absolute Gasteiger partial charge is 0.326 e. The molecular formula is C16H30N6O4. The Balaban J connectivity index is 2.65. The van der Waals surface area contributed by atoms with Crippen LogP contribution in [0.2, 0.25) is 0 Å². The van der Waals surface area contributed by atoms with Gasteiger partial charge in [0.1, 0.15) is 12.1 Å². The zero-order valence-electron chi connectivity index (χ0n) is 15.4. The van der Waals surface area contributed by atoms with Crippen molar-refractivity contribution < 1.29 is 19.5 Å². The zero-order chi connectivity index (χ0) is 19.9. The predicted octanol–water partition coefficient (Wildman–Crippen LogP) is -1.42. The van der Waals surface area contributed by atoms with E-state index < -0.39 is 30.0 Å². The lowest BCUT2D eigenvalue weighted by molar-refractivity contribution is -0.145. The summed E-state index contributed by atoms with van der Waals surface area (Å²) in [5.74, 6) is -2.15. The number of hydrogen-bond donors (Lipinski definition) is 5. The molecule has 3 unspecified atom stereocenters. The number of carboxylic acid groups (broad SMARTS) is 1. The molecule has 0 saturated carbocycles. The summed E-state index contributed by atoms with van der Waals surface area (Å²) in [7, 11) is 0. The second-order valence-electron chi connectivity index (χ2n) is 6.81.